The van der Waals surface area contributed by atoms with Gasteiger partial charge in [0.25, 0.3) is 5.24 Å². The summed E-state index contributed by atoms with van der Waals surface area (Å²) in [5.74, 6) is 1.22. The molecule has 1 N–H and O–H groups in total. The van der Waals surface area contributed by atoms with Gasteiger partial charge in [0.15, 0.2) is 0 Å². The van der Waals surface area contributed by atoms with Crippen molar-refractivity contribution in [1.29, 1.82) is 0 Å². The lowest BCUT2D eigenvalue weighted by molar-refractivity contribution is -0.118. The number of benzene rings is 1. The molecule has 1 aliphatic heterocycles. The van der Waals surface area contributed by atoms with Crippen LogP contribution in [0.1, 0.15) is 24.8 Å². The van der Waals surface area contributed by atoms with Crippen molar-refractivity contribution in [2.24, 2.45) is 5.92 Å². The summed E-state index contributed by atoms with van der Waals surface area (Å²) in [6, 6.07) is 7.81. The molecule has 116 valence electrons. The molecule has 1 aromatic carbocycles. The normalized spacial score (nSPS) is 24.4. The number of nitrogens with one attached hydrogen (secondary N) is 1. The lowest BCUT2D eigenvalue weighted by Crippen LogP contribution is -2.25. The average Bonchev–Trinajstić information content (AvgIpc) is 2.84. The Labute approximate surface area is 134 Å². The molecular weight excluding hydrogens is 298 g/mol. The molecule has 1 heterocycles. The number of amides is 2. The van der Waals surface area contributed by atoms with Crippen LogP contribution in [-0.4, -0.2) is 23.0 Å². The van der Waals surface area contributed by atoms with E-state index in [1.807, 2.05) is 24.3 Å². The van der Waals surface area contributed by atoms with Gasteiger partial charge in [-0.3, -0.25) is 14.9 Å². The number of ether oxygens (including phenoxy) is 1. The van der Waals surface area contributed by atoms with Gasteiger partial charge in [-0.15, -0.1) is 0 Å². The second-order valence-corrected chi connectivity index (χ2v) is 6.87. The smallest absolute Gasteiger partial charge is 0.286 e. The molecule has 2 unspecified atom stereocenters. The maximum atomic E-state index is 11.6. The van der Waals surface area contributed by atoms with E-state index >= 15 is 0 Å². The molecule has 22 heavy (non-hydrogen) atoms. The van der Waals surface area contributed by atoms with Gasteiger partial charge in [0.05, 0.1) is 11.9 Å². The predicted molar refractivity (Wildman–Crippen MR) is 87.0 cm³/mol. The standard InChI is InChI=1S/C17H19NO3S/c19-16-15(22-17(20)18-16)10-13-7-4-8-14(9-13)21-11-12-5-2-1-3-6-12/h1-2,4,7-9,12,15H,3,5-6,10-11H2,(H,18,19,20). The van der Waals surface area contributed by atoms with Gasteiger partial charge in [-0.2, -0.15) is 0 Å². The molecule has 0 bridgehead atoms. The fraction of sp³-hybridized carbons (Fsp3) is 0.412. The Morgan fingerprint density at radius 3 is 2.91 bits per heavy atom. The van der Waals surface area contributed by atoms with Gasteiger partial charge in [0.1, 0.15) is 5.75 Å². The lowest BCUT2D eigenvalue weighted by Gasteiger charge is -2.18. The molecule has 3 rings (SSSR count). The van der Waals surface area contributed by atoms with Crippen molar-refractivity contribution >= 4 is 22.9 Å². The number of carbonyl (C=O) groups is 2. The number of carbonyl (C=O) groups excluding carboxylic acids is 2. The Bertz CT molecular complexity index is 599. The summed E-state index contributed by atoms with van der Waals surface area (Å²) in [5, 5.41) is 1.73. The van der Waals surface area contributed by atoms with Crippen molar-refractivity contribution in [2.75, 3.05) is 6.61 Å². The van der Waals surface area contributed by atoms with Gasteiger partial charge >= 0.3 is 0 Å². The number of thioether (sulfide) groups is 1. The number of rotatable bonds is 5. The van der Waals surface area contributed by atoms with E-state index in [2.05, 4.69) is 17.5 Å². The van der Waals surface area contributed by atoms with E-state index < -0.39 is 0 Å². The third-order valence-electron chi connectivity index (χ3n) is 3.95. The maximum Gasteiger partial charge on any atom is 0.286 e. The van der Waals surface area contributed by atoms with Crippen molar-refractivity contribution in [3.05, 3.63) is 42.0 Å². The van der Waals surface area contributed by atoms with Crippen LogP contribution >= 0.6 is 11.8 Å². The summed E-state index contributed by atoms with van der Waals surface area (Å²) < 4.78 is 5.89. The summed E-state index contributed by atoms with van der Waals surface area (Å²) in [7, 11) is 0. The van der Waals surface area contributed by atoms with Gasteiger partial charge in [0, 0.05) is 0 Å². The molecule has 0 aromatic heterocycles. The number of hydrogen-bond donors (Lipinski definition) is 1. The number of hydrogen-bond acceptors (Lipinski definition) is 4. The van der Waals surface area contributed by atoms with Crippen LogP contribution in [0, 0.1) is 5.92 Å². The van der Waals surface area contributed by atoms with E-state index in [1.165, 1.54) is 6.42 Å². The fourth-order valence-electron chi connectivity index (χ4n) is 2.73. The fourth-order valence-corrected chi connectivity index (χ4v) is 3.59. The molecule has 2 atom stereocenters. The molecular formula is C17H19NO3S. The molecule has 0 saturated carbocycles. The minimum atomic E-state index is -0.328. The molecule has 1 saturated heterocycles. The molecule has 1 fully saturated rings. The quantitative estimate of drug-likeness (QED) is 0.847. The zero-order valence-corrected chi connectivity index (χ0v) is 13.1. The summed E-state index contributed by atoms with van der Waals surface area (Å²) in [6.07, 6.45) is 8.39. The first-order valence-corrected chi connectivity index (χ1v) is 8.47. The molecule has 0 radical (unpaired) electrons. The van der Waals surface area contributed by atoms with Crippen LogP contribution in [0.15, 0.2) is 36.4 Å². The van der Waals surface area contributed by atoms with E-state index in [4.69, 9.17) is 4.74 Å². The minimum absolute atomic E-state index is 0.199. The SMILES string of the molecule is O=C1NC(=O)C(Cc2cccc(OCC3CC=CCC3)c2)S1. The Morgan fingerprint density at radius 1 is 1.27 bits per heavy atom. The maximum absolute atomic E-state index is 11.6. The van der Waals surface area contributed by atoms with Crippen LogP contribution in [0.25, 0.3) is 0 Å². The van der Waals surface area contributed by atoms with E-state index in [0.717, 1.165) is 42.5 Å². The van der Waals surface area contributed by atoms with Crippen LogP contribution in [0.4, 0.5) is 4.79 Å². The zero-order chi connectivity index (χ0) is 15.4. The third kappa shape index (κ3) is 3.91. The predicted octanol–water partition coefficient (Wildman–Crippen LogP) is 3.32. The van der Waals surface area contributed by atoms with Crippen LogP contribution in [0.3, 0.4) is 0 Å². The average molecular weight is 317 g/mol. The first-order valence-electron chi connectivity index (χ1n) is 7.59. The Morgan fingerprint density at radius 2 is 2.18 bits per heavy atom. The second kappa shape index (κ2) is 7.01. The molecule has 2 amide bonds. The van der Waals surface area contributed by atoms with Gasteiger partial charge in [-0.05, 0) is 49.3 Å². The molecule has 0 spiro atoms. The van der Waals surface area contributed by atoms with Crippen molar-refractivity contribution in [1.82, 2.24) is 5.32 Å². The van der Waals surface area contributed by atoms with Crippen LogP contribution in [0.5, 0.6) is 5.75 Å². The van der Waals surface area contributed by atoms with E-state index in [1.54, 1.807) is 0 Å². The Balaban J connectivity index is 1.56. The van der Waals surface area contributed by atoms with E-state index in [-0.39, 0.29) is 16.4 Å². The van der Waals surface area contributed by atoms with Gasteiger partial charge in [-0.25, -0.2) is 0 Å². The van der Waals surface area contributed by atoms with Crippen molar-refractivity contribution in [3.63, 3.8) is 0 Å². The molecule has 4 nitrogen and oxygen atoms in total. The van der Waals surface area contributed by atoms with Gasteiger partial charge in [0.2, 0.25) is 5.91 Å². The monoisotopic (exact) mass is 317 g/mol. The first kappa shape index (κ1) is 15.2. The summed E-state index contributed by atoms with van der Waals surface area (Å²) in [5.41, 5.74) is 1.02. The van der Waals surface area contributed by atoms with Crippen molar-refractivity contribution in [2.45, 2.75) is 30.9 Å². The molecule has 2 aliphatic rings. The van der Waals surface area contributed by atoms with E-state index in [9.17, 15) is 9.59 Å². The summed E-state index contributed by atoms with van der Waals surface area (Å²) in [6.45, 7) is 0.727. The van der Waals surface area contributed by atoms with Gasteiger partial charge < -0.3 is 4.74 Å². The lowest BCUT2D eigenvalue weighted by atomic mass is 9.95. The van der Waals surface area contributed by atoms with Crippen molar-refractivity contribution in [3.8, 4) is 5.75 Å². The molecule has 5 heteroatoms. The van der Waals surface area contributed by atoms with Crippen molar-refractivity contribution < 1.29 is 14.3 Å². The summed E-state index contributed by atoms with van der Waals surface area (Å²) >= 11 is 1.06. The highest BCUT2D eigenvalue weighted by Gasteiger charge is 2.31. The van der Waals surface area contributed by atoms with Gasteiger partial charge in [-0.1, -0.05) is 36.0 Å². The highest BCUT2D eigenvalue weighted by atomic mass is 32.2. The highest BCUT2D eigenvalue weighted by molar-refractivity contribution is 8.15. The van der Waals surface area contributed by atoms with Crippen LogP contribution in [-0.2, 0) is 11.2 Å². The second-order valence-electron chi connectivity index (χ2n) is 5.70. The minimum Gasteiger partial charge on any atom is -0.493 e. The largest absolute Gasteiger partial charge is 0.493 e. The molecule has 1 aromatic rings. The highest BCUT2D eigenvalue weighted by Crippen LogP contribution is 2.25. The number of allylic oxidation sites excluding steroid dienone is 2. The van der Waals surface area contributed by atoms with Crippen LogP contribution < -0.4 is 10.1 Å². The van der Waals surface area contributed by atoms with E-state index in [0.29, 0.717) is 12.3 Å². The third-order valence-corrected chi connectivity index (χ3v) is 4.93. The van der Waals surface area contributed by atoms with Crippen LogP contribution in [0.2, 0.25) is 0 Å². The molecule has 1 aliphatic carbocycles. The first-order chi connectivity index (χ1) is 10.7. The summed E-state index contributed by atoms with van der Waals surface area (Å²) in [4.78, 5) is 22.8. The Hall–Kier alpha value is -1.75. The topological polar surface area (TPSA) is 55.4 Å². The Kier molecular flexibility index (Phi) is 4.83. The number of imide groups is 1. The zero-order valence-electron chi connectivity index (χ0n) is 12.3.